The molecule has 0 saturated heterocycles. The van der Waals surface area contributed by atoms with Gasteiger partial charge < -0.3 is 10.5 Å². The van der Waals surface area contributed by atoms with E-state index in [0.29, 0.717) is 0 Å². The summed E-state index contributed by atoms with van der Waals surface area (Å²) in [6, 6.07) is 3.61. The smallest absolute Gasteiger partial charge is 0.323 e. The Balaban J connectivity index is 2.41. The van der Waals surface area contributed by atoms with Crippen molar-refractivity contribution >= 4 is 17.3 Å². The number of ether oxygens (including phenoxy) is 1. The van der Waals surface area contributed by atoms with Gasteiger partial charge in [0.1, 0.15) is 11.6 Å². The number of hydrogen-bond acceptors (Lipinski definition) is 4. The van der Waals surface area contributed by atoms with Crippen LogP contribution >= 0.6 is 11.3 Å². The summed E-state index contributed by atoms with van der Waals surface area (Å²) in [4.78, 5) is 13.1. The molecule has 0 aliphatic heterocycles. The van der Waals surface area contributed by atoms with Crippen LogP contribution < -0.4 is 5.73 Å². The Hall–Kier alpha value is -0.870. The third kappa shape index (κ3) is 5.19. The molecule has 102 valence electrons. The van der Waals surface area contributed by atoms with E-state index in [4.69, 9.17) is 10.5 Å². The average Bonchev–Trinajstić information content (AvgIpc) is 2.75. The van der Waals surface area contributed by atoms with E-state index in [1.165, 1.54) is 4.88 Å². The Morgan fingerprint density at radius 2 is 2.17 bits per heavy atom. The monoisotopic (exact) mass is 269 g/mol. The largest absolute Gasteiger partial charge is 0.459 e. The van der Waals surface area contributed by atoms with Gasteiger partial charge in [-0.15, -0.1) is 11.3 Å². The summed E-state index contributed by atoms with van der Waals surface area (Å²) in [6.07, 6.45) is 1.87. The molecule has 18 heavy (non-hydrogen) atoms. The Morgan fingerprint density at radius 3 is 2.67 bits per heavy atom. The molecule has 2 N–H and O–H groups in total. The first-order chi connectivity index (χ1) is 8.29. The Bertz CT molecular complexity index is 368. The minimum Gasteiger partial charge on any atom is -0.459 e. The molecule has 0 aliphatic rings. The second-order valence-corrected chi connectivity index (χ2v) is 6.69. The molecule has 0 saturated carbocycles. The van der Waals surface area contributed by atoms with Gasteiger partial charge in [-0.2, -0.15) is 0 Å². The normalized spacial score (nSPS) is 15.2. The fourth-order valence-corrected chi connectivity index (χ4v) is 2.33. The summed E-state index contributed by atoms with van der Waals surface area (Å²) >= 11 is 1.74. The van der Waals surface area contributed by atoms with Gasteiger partial charge in [0.05, 0.1) is 0 Å². The second-order valence-electron chi connectivity index (χ2n) is 5.65. The maximum Gasteiger partial charge on any atom is 0.323 e. The van der Waals surface area contributed by atoms with Gasteiger partial charge in [0.15, 0.2) is 0 Å². The molecule has 1 rings (SSSR count). The zero-order valence-electron chi connectivity index (χ0n) is 11.6. The molecule has 1 heterocycles. The molecular formula is C14H23NO2S. The molecule has 0 amide bonds. The molecule has 0 aliphatic carbocycles. The molecule has 1 aromatic rings. The van der Waals surface area contributed by atoms with Crippen LogP contribution in [-0.2, 0) is 16.0 Å². The standard InChI is InChI=1S/C14H23NO2S/c1-10(7-8-11-6-5-9-18-11)12(15)13(16)17-14(2,3)4/h5-6,9-10,12H,7-8,15H2,1-4H3/t10-,12?/m1/s1. The maximum atomic E-state index is 11.8. The van der Waals surface area contributed by atoms with E-state index in [0.717, 1.165) is 12.8 Å². The van der Waals surface area contributed by atoms with E-state index in [2.05, 4.69) is 11.4 Å². The van der Waals surface area contributed by atoms with Gasteiger partial charge in [0.2, 0.25) is 0 Å². The zero-order chi connectivity index (χ0) is 13.8. The van der Waals surface area contributed by atoms with E-state index in [-0.39, 0.29) is 11.9 Å². The Morgan fingerprint density at radius 1 is 1.50 bits per heavy atom. The summed E-state index contributed by atoms with van der Waals surface area (Å²) in [5, 5.41) is 2.06. The maximum absolute atomic E-state index is 11.8. The molecule has 0 fully saturated rings. The second kappa shape index (κ2) is 6.34. The van der Waals surface area contributed by atoms with Crippen molar-refractivity contribution in [3.63, 3.8) is 0 Å². The molecule has 0 aromatic carbocycles. The highest BCUT2D eigenvalue weighted by molar-refractivity contribution is 7.09. The van der Waals surface area contributed by atoms with Gasteiger partial charge in [0, 0.05) is 4.88 Å². The quantitative estimate of drug-likeness (QED) is 0.836. The molecule has 0 radical (unpaired) electrons. The van der Waals surface area contributed by atoms with Gasteiger partial charge in [-0.3, -0.25) is 4.79 Å². The number of aryl methyl sites for hydroxylation is 1. The summed E-state index contributed by atoms with van der Waals surface area (Å²) in [5.41, 5.74) is 5.47. The van der Waals surface area contributed by atoms with E-state index in [1.807, 2.05) is 33.8 Å². The highest BCUT2D eigenvalue weighted by atomic mass is 32.1. The van der Waals surface area contributed by atoms with Crippen LogP contribution in [0.2, 0.25) is 0 Å². The number of thiophene rings is 1. The highest BCUT2D eigenvalue weighted by Gasteiger charge is 2.26. The van der Waals surface area contributed by atoms with Crippen molar-refractivity contribution in [1.29, 1.82) is 0 Å². The lowest BCUT2D eigenvalue weighted by Crippen LogP contribution is -2.41. The van der Waals surface area contributed by atoms with E-state index >= 15 is 0 Å². The van der Waals surface area contributed by atoms with Crippen LogP contribution in [0.4, 0.5) is 0 Å². The van der Waals surface area contributed by atoms with Crippen LogP contribution in [-0.4, -0.2) is 17.6 Å². The first kappa shape index (κ1) is 15.2. The molecule has 2 atom stereocenters. The molecule has 3 nitrogen and oxygen atoms in total. The van der Waals surface area contributed by atoms with E-state index < -0.39 is 11.6 Å². The van der Waals surface area contributed by atoms with Crippen molar-refractivity contribution in [2.45, 2.75) is 52.2 Å². The molecule has 0 bridgehead atoms. The number of carbonyl (C=O) groups excluding carboxylic acids is 1. The first-order valence-corrected chi connectivity index (χ1v) is 7.18. The molecule has 4 heteroatoms. The van der Waals surface area contributed by atoms with Crippen LogP contribution in [0.25, 0.3) is 0 Å². The van der Waals surface area contributed by atoms with Crippen LogP contribution in [0, 0.1) is 5.92 Å². The van der Waals surface area contributed by atoms with E-state index in [9.17, 15) is 4.79 Å². The molecule has 1 aromatic heterocycles. The first-order valence-electron chi connectivity index (χ1n) is 6.30. The lowest BCUT2D eigenvalue weighted by atomic mass is 9.96. The van der Waals surface area contributed by atoms with Gasteiger partial charge in [-0.05, 0) is 51.0 Å². The Kier molecular flexibility index (Phi) is 5.35. The number of rotatable bonds is 5. The number of carbonyl (C=O) groups is 1. The lowest BCUT2D eigenvalue weighted by molar-refractivity contribution is -0.157. The van der Waals surface area contributed by atoms with Gasteiger partial charge in [-0.1, -0.05) is 13.0 Å². The van der Waals surface area contributed by atoms with Crippen molar-refractivity contribution in [3.05, 3.63) is 22.4 Å². The van der Waals surface area contributed by atoms with Crippen LogP contribution in [0.15, 0.2) is 17.5 Å². The molecule has 1 unspecified atom stereocenters. The van der Waals surface area contributed by atoms with Crippen LogP contribution in [0.3, 0.4) is 0 Å². The van der Waals surface area contributed by atoms with Crippen LogP contribution in [0.5, 0.6) is 0 Å². The fourth-order valence-electron chi connectivity index (χ4n) is 1.61. The minimum absolute atomic E-state index is 0.127. The molecular weight excluding hydrogens is 246 g/mol. The van der Waals surface area contributed by atoms with Crippen molar-refractivity contribution < 1.29 is 9.53 Å². The van der Waals surface area contributed by atoms with Crippen molar-refractivity contribution in [2.24, 2.45) is 11.7 Å². The van der Waals surface area contributed by atoms with Crippen molar-refractivity contribution in [1.82, 2.24) is 0 Å². The third-order valence-electron chi connectivity index (χ3n) is 2.72. The SMILES string of the molecule is C[C@H](CCc1cccs1)C(N)C(=O)OC(C)(C)C. The predicted molar refractivity (Wildman–Crippen MR) is 75.6 cm³/mol. The number of nitrogens with two attached hydrogens (primary N) is 1. The summed E-state index contributed by atoms with van der Waals surface area (Å²) < 4.78 is 5.30. The van der Waals surface area contributed by atoms with Crippen molar-refractivity contribution in [2.75, 3.05) is 0 Å². The van der Waals surface area contributed by atoms with Gasteiger partial charge in [-0.25, -0.2) is 0 Å². The highest BCUT2D eigenvalue weighted by Crippen LogP contribution is 2.18. The number of esters is 1. The topological polar surface area (TPSA) is 52.3 Å². The van der Waals surface area contributed by atoms with Crippen molar-refractivity contribution in [3.8, 4) is 0 Å². The average molecular weight is 269 g/mol. The van der Waals surface area contributed by atoms with Gasteiger partial charge in [0.25, 0.3) is 0 Å². The van der Waals surface area contributed by atoms with E-state index in [1.54, 1.807) is 11.3 Å². The fraction of sp³-hybridized carbons (Fsp3) is 0.643. The number of hydrogen-bond donors (Lipinski definition) is 1. The third-order valence-corrected chi connectivity index (χ3v) is 3.65. The zero-order valence-corrected chi connectivity index (χ0v) is 12.4. The summed E-state index contributed by atoms with van der Waals surface area (Å²) in [7, 11) is 0. The predicted octanol–water partition coefficient (Wildman–Crippen LogP) is 2.99. The minimum atomic E-state index is -0.538. The summed E-state index contributed by atoms with van der Waals surface area (Å²) in [6.45, 7) is 7.57. The molecule has 0 spiro atoms. The Labute approximate surface area is 113 Å². The lowest BCUT2D eigenvalue weighted by Gasteiger charge is -2.25. The summed E-state index contributed by atoms with van der Waals surface area (Å²) in [5.74, 6) is -0.178. The van der Waals surface area contributed by atoms with Crippen LogP contribution in [0.1, 0.15) is 39.0 Å². The van der Waals surface area contributed by atoms with Gasteiger partial charge >= 0.3 is 5.97 Å².